The van der Waals surface area contributed by atoms with E-state index in [4.69, 9.17) is 11.6 Å². The van der Waals surface area contributed by atoms with Crippen LogP contribution in [0.3, 0.4) is 0 Å². The van der Waals surface area contributed by atoms with Gasteiger partial charge in [-0.3, -0.25) is 14.9 Å². The Kier molecular flexibility index (Phi) is 4.54. The van der Waals surface area contributed by atoms with Gasteiger partial charge in [0.25, 0.3) is 11.6 Å². The molecule has 0 aliphatic heterocycles. The molecule has 6 nitrogen and oxygen atoms in total. The van der Waals surface area contributed by atoms with E-state index < -0.39 is 10.8 Å². The predicted octanol–water partition coefficient (Wildman–Crippen LogP) is 3.97. The standard InChI is InChI=1S/C13H9BrClN3O3/c1-7-10(14)4-5-12(16-7)17-13(19)9-3-2-8(18(20)21)6-11(9)15/h2-6H,1H3,(H,16,17,19). The number of hydrogen-bond donors (Lipinski definition) is 1. The molecule has 2 rings (SSSR count). The molecule has 0 spiro atoms. The number of pyridine rings is 1. The summed E-state index contributed by atoms with van der Waals surface area (Å²) in [7, 11) is 0. The summed E-state index contributed by atoms with van der Waals surface area (Å²) in [5.41, 5.74) is 0.696. The number of halogens is 2. The molecule has 0 radical (unpaired) electrons. The van der Waals surface area contributed by atoms with Crippen LogP contribution >= 0.6 is 27.5 Å². The monoisotopic (exact) mass is 369 g/mol. The quantitative estimate of drug-likeness (QED) is 0.654. The number of carbonyl (C=O) groups is 1. The number of carbonyl (C=O) groups excluding carboxylic acids is 1. The van der Waals surface area contributed by atoms with Crippen LogP contribution in [0.4, 0.5) is 11.5 Å². The Balaban J connectivity index is 2.24. The van der Waals surface area contributed by atoms with E-state index in [0.29, 0.717) is 5.82 Å². The fraction of sp³-hybridized carbons (Fsp3) is 0.0769. The minimum Gasteiger partial charge on any atom is -0.307 e. The molecular formula is C13H9BrClN3O3. The van der Waals surface area contributed by atoms with Gasteiger partial charge in [-0.15, -0.1) is 0 Å². The van der Waals surface area contributed by atoms with Crippen LogP contribution in [-0.4, -0.2) is 15.8 Å². The maximum Gasteiger partial charge on any atom is 0.270 e. The smallest absolute Gasteiger partial charge is 0.270 e. The summed E-state index contributed by atoms with van der Waals surface area (Å²) in [5.74, 6) is -0.112. The molecule has 0 saturated carbocycles. The van der Waals surface area contributed by atoms with Crippen LogP contribution < -0.4 is 5.32 Å². The van der Waals surface area contributed by atoms with Gasteiger partial charge in [0, 0.05) is 16.6 Å². The second-order valence-electron chi connectivity index (χ2n) is 4.14. The lowest BCUT2D eigenvalue weighted by Crippen LogP contribution is -2.14. The Bertz CT molecular complexity index is 737. The van der Waals surface area contributed by atoms with Crippen LogP contribution in [0.1, 0.15) is 16.1 Å². The molecular weight excluding hydrogens is 362 g/mol. The SMILES string of the molecule is Cc1nc(NC(=O)c2ccc([N+](=O)[O-])cc2Cl)ccc1Br. The number of nitro benzene ring substituents is 1. The van der Waals surface area contributed by atoms with Crippen molar-refractivity contribution in [1.82, 2.24) is 4.98 Å². The van der Waals surface area contributed by atoms with Gasteiger partial charge in [-0.05, 0) is 41.1 Å². The third-order valence-corrected chi connectivity index (χ3v) is 3.82. The van der Waals surface area contributed by atoms with E-state index in [0.717, 1.165) is 16.2 Å². The fourth-order valence-corrected chi connectivity index (χ4v) is 2.08. The van der Waals surface area contributed by atoms with Gasteiger partial charge in [-0.2, -0.15) is 0 Å². The number of hydrogen-bond acceptors (Lipinski definition) is 4. The van der Waals surface area contributed by atoms with Crippen molar-refractivity contribution in [3.8, 4) is 0 Å². The zero-order chi connectivity index (χ0) is 15.6. The number of nitrogens with zero attached hydrogens (tertiary/aromatic N) is 2. The summed E-state index contributed by atoms with van der Waals surface area (Å²) in [6.07, 6.45) is 0. The number of anilines is 1. The number of rotatable bonds is 3. The normalized spacial score (nSPS) is 10.2. The lowest BCUT2D eigenvalue weighted by molar-refractivity contribution is -0.384. The molecule has 0 unspecified atom stereocenters. The molecule has 0 aliphatic carbocycles. The molecule has 0 atom stereocenters. The number of nitrogens with one attached hydrogen (secondary N) is 1. The molecule has 2 aromatic rings. The molecule has 1 aromatic heterocycles. The number of nitro groups is 1. The lowest BCUT2D eigenvalue weighted by atomic mass is 10.2. The zero-order valence-electron chi connectivity index (χ0n) is 10.8. The van der Waals surface area contributed by atoms with Gasteiger partial charge in [0.15, 0.2) is 0 Å². The number of benzene rings is 1. The summed E-state index contributed by atoms with van der Waals surface area (Å²) in [6, 6.07) is 7.06. The Hall–Kier alpha value is -1.99. The minimum atomic E-state index is -0.576. The molecule has 0 aliphatic rings. The van der Waals surface area contributed by atoms with E-state index in [9.17, 15) is 14.9 Å². The van der Waals surface area contributed by atoms with Crippen molar-refractivity contribution >= 4 is 44.9 Å². The molecule has 1 amide bonds. The molecule has 21 heavy (non-hydrogen) atoms. The summed E-state index contributed by atoms with van der Waals surface area (Å²) in [6.45, 7) is 1.79. The van der Waals surface area contributed by atoms with E-state index >= 15 is 0 Å². The highest BCUT2D eigenvalue weighted by atomic mass is 79.9. The third kappa shape index (κ3) is 3.56. The molecule has 0 bridgehead atoms. The Morgan fingerprint density at radius 3 is 2.67 bits per heavy atom. The fourth-order valence-electron chi connectivity index (χ4n) is 1.60. The number of non-ortho nitro benzene ring substituents is 1. The third-order valence-electron chi connectivity index (χ3n) is 2.67. The van der Waals surface area contributed by atoms with Gasteiger partial charge in [-0.25, -0.2) is 4.98 Å². The van der Waals surface area contributed by atoms with Crippen molar-refractivity contribution in [2.24, 2.45) is 0 Å². The van der Waals surface area contributed by atoms with Crippen LogP contribution in [0.15, 0.2) is 34.8 Å². The van der Waals surface area contributed by atoms with Crippen LogP contribution in [0.25, 0.3) is 0 Å². The van der Waals surface area contributed by atoms with Crippen LogP contribution in [0, 0.1) is 17.0 Å². The van der Waals surface area contributed by atoms with E-state index in [1.165, 1.54) is 12.1 Å². The van der Waals surface area contributed by atoms with Gasteiger partial charge in [-0.1, -0.05) is 11.6 Å². The number of amides is 1. The van der Waals surface area contributed by atoms with Crippen LogP contribution in [0.5, 0.6) is 0 Å². The average Bonchev–Trinajstić information content (AvgIpc) is 2.42. The molecule has 0 saturated heterocycles. The summed E-state index contributed by atoms with van der Waals surface area (Å²) < 4.78 is 0.828. The zero-order valence-corrected chi connectivity index (χ0v) is 13.1. The second-order valence-corrected chi connectivity index (χ2v) is 5.40. The second kappa shape index (κ2) is 6.19. The molecule has 1 aromatic carbocycles. The summed E-state index contributed by atoms with van der Waals surface area (Å²) in [4.78, 5) is 26.3. The van der Waals surface area contributed by atoms with Gasteiger partial charge < -0.3 is 5.32 Å². The van der Waals surface area contributed by atoms with Crippen molar-refractivity contribution in [2.45, 2.75) is 6.92 Å². The Labute approximate surface area is 133 Å². The maximum atomic E-state index is 12.1. The highest BCUT2D eigenvalue weighted by Gasteiger charge is 2.15. The van der Waals surface area contributed by atoms with E-state index in [1.54, 1.807) is 19.1 Å². The van der Waals surface area contributed by atoms with Crippen LogP contribution in [-0.2, 0) is 0 Å². The first kappa shape index (κ1) is 15.4. The molecule has 1 heterocycles. The highest BCUT2D eigenvalue weighted by Crippen LogP contribution is 2.23. The minimum absolute atomic E-state index is 0.00975. The van der Waals surface area contributed by atoms with Crippen molar-refractivity contribution in [2.75, 3.05) is 5.32 Å². The predicted molar refractivity (Wildman–Crippen MR) is 82.7 cm³/mol. The Morgan fingerprint density at radius 1 is 1.38 bits per heavy atom. The number of aryl methyl sites for hydroxylation is 1. The maximum absolute atomic E-state index is 12.1. The first-order chi connectivity index (χ1) is 9.88. The largest absolute Gasteiger partial charge is 0.307 e. The lowest BCUT2D eigenvalue weighted by Gasteiger charge is -2.07. The van der Waals surface area contributed by atoms with Gasteiger partial charge >= 0.3 is 0 Å². The number of aromatic nitrogens is 1. The first-order valence-corrected chi connectivity index (χ1v) is 6.94. The van der Waals surface area contributed by atoms with E-state index in [2.05, 4.69) is 26.2 Å². The van der Waals surface area contributed by atoms with Crippen molar-refractivity contribution in [3.63, 3.8) is 0 Å². The van der Waals surface area contributed by atoms with Gasteiger partial charge in [0.2, 0.25) is 0 Å². The van der Waals surface area contributed by atoms with Crippen molar-refractivity contribution in [3.05, 3.63) is 61.2 Å². The van der Waals surface area contributed by atoms with Gasteiger partial charge in [0.1, 0.15) is 5.82 Å². The molecule has 8 heteroatoms. The van der Waals surface area contributed by atoms with E-state index in [1.807, 2.05) is 0 Å². The molecule has 1 N–H and O–H groups in total. The van der Waals surface area contributed by atoms with Crippen molar-refractivity contribution < 1.29 is 9.72 Å². The molecule has 108 valence electrons. The molecule has 0 fully saturated rings. The first-order valence-electron chi connectivity index (χ1n) is 5.77. The van der Waals surface area contributed by atoms with Gasteiger partial charge in [0.05, 0.1) is 21.2 Å². The van der Waals surface area contributed by atoms with E-state index in [-0.39, 0.29) is 16.3 Å². The van der Waals surface area contributed by atoms with Crippen molar-refractivity contribution in [1.29, 1.82) is 0 Å². The topological polar surface area (TPSA) is 85.1 Å². The summed E-state index contributed by atoms with van der Waals surface area (Å²) in [5, 5.41) is 13.2. The highest BCUT2D eigenvalue weighted by molar-refractivity contribution is 9.10. The Morgan fingerprint density at radius 2 is 2.10 bits per heavy atom. The van der Waals surface area contributed by atoms with Crippen LogP contribution in [0.2, 0.25) is 5.02 Å². The summed E-state index contributed by atoms with van der Waals surface area (Å²) >= 11 is 9.21. The average molecular weight is 371 g/mol.